The van der Waals surface area contributed by atoms with E-state index in [1.54, 1.807) is 6.07 Å². The van der Waals surface area contributed by atoms with Gasteiger partial charge in [0.15, 0.2) is 11.5 Å². The van der Waals surface area contributed by atoms with Gasteiger partial charge in [0.25, 0.3) is 0 Å². The molecule has 4 aromatic rings. The van der Waals surface area contributed by atoms with Crippen molar-refractivity contribution in [1.29, 1.82) is 0 Å². The minimum Gasteiger partial charge on any atom is -0.504 e. The number of nitrogens with two attached hydrogens (primary N) is 2. The molecular formula is C24H28N4O4. The lowest BCUT2D eigenvalue weighted by atomic mass is 10.1. The molecule has 0 unspecified atom stereocenters. The van der Waals surface area contributed by atoms with Crippen LogP contribution in [0.2, 0.25) is 0 Å². The summed E-state index contributed by atoms with van der Waals surface area (Å²) in [4.78, 5) is 30.0. The number of fused-ring (bicyclic) bond motifs is 2. The molecule has 0 aliphatic rings. The number of amides is 2. The Morgan fingerprint density at radius 3 is 1.59 bits per heavy atom. The first-order chi connectivity index (χ1) is 14.2. The van der Waals surface area contributed by atoms with Crippen LogP contribution in [0, 0.1) is 13.8 Å². The van der Waals surface area contributed by atoms with Gasteiger partial charge in [-0.15, -0.1) is 0 Å². The SMILES string of the molecule is C.C.Cc1cc2cc(C(N)=O)cnc2cc1C.NC(=O)c1cnc2cc(O)c(O)cc2c1. The third-order valence-electron chi connectivity index (χ3n) is 4.64. The summed E-state index contributed by atoms with van der Waals surface area (Å²) in [6.45, 7) is 4.07. The summed E-state index contributed by atoms with van der Waals surface area (Å²) in [5.41, 5.74) is 14.7. The fourth-order valence-electron chi connectivity index (χ4n) is 2.82. The second kappa shape index (κ2) is 10.2. The number of pyridine rings is 2. The van der Waals surface area contributed by atoms with Crippen LogP contribution in [0.3, 0.4) is 0 Å². The van der Waals surface area contributed by atoms with E-state index in [0.29, 0.717) is 16.5 Å². The number of rotatable bonds is 2. The van der Waals surface area contributed by atoms with E-state index in [1.807, 2.05) is 26.0 Å². The molecule has 0 aliphatic heterocycles. The van der Waals surface area contributed by atoms with E-state index in [4.69, 9.17) is 11.5 Å². The van der Waals surface area contributed by atoms with E-state index in [0.717, 1.165) is 10.9 Å². The van der Waals surface area contributed by atoms with Gasteiger partial charge in [-0.25, -0.2) is 0 Å². The summed E-state index contributed by atoms with van der Waals surface area (Å²) in [5.74, 6) is -1.53. The lowest BCUT2D eigenvalue weighted by Crippen LogP contribution is -2.11. The van der Waals surface area contributed by atoms with Crippen LogP contribution in [0.5, 0.6) is 11.5 Å². The van der Waals surface area contributed by atoms with Crippen LogP contribution >= 0.6 is 0 Å². The van der Waals surface area contributed by atoms with Crippen LogP contribution in [0.1, 0.15) is 46.7 Å². The highest BCUT2D eigenvalue weighted by molar-refractivity contribution is 5.97. The predicted molar refractivity (Wildman–Crippen MR) is 127 cm³/mol. The first-order valence-electron chi connectivity index (χ1n) is 8.94. The monoisotopic (exact) mass is 436 g/mol. The maximum atomic E-state index is 11.0. The molecule has 0 atom stereocenters. The minimum atomic E-state index is -0.586. The molecule has 2 amide bonds. The molecule has 6 N–H and O–H groups in total. The molecule has 0 bridgehead atoms. The van der Waals surface area contributed by atoms with Gasteiger partial charge in [0.05, 0.1) is 22.2 Å². The fraction of sp³-hybridized carbons (Fsp3) is 0.167. The normalized spacial score (nSPS) is 9.81. The molecule has 0 saturated heterocycles. The quantitative estimate of drug-likeness (QED) is 0.349. The molecule has 0 saturated carbocycles. The van der Waals surface area contributed by atoms with Gasteiger partial charge in [0.1, 0.15) is 0 Å². The molecule has 0 aliphatic carbocycles. The summed E-state index contributed by atoms with van der Waals surface area (Å²) in [6, 6.07) is 9.94. The van der Waals surface area contributed by atoms with Crippen molar-refractivity contribution in [2.24, 2.45) is 11.5 Å². The Bertz CT molecular complexity index is 1200. The zero-order valence-electron chi connectivity index (χ0n) is 16.4. The number of nitrogens with zero attached hydrogens (tertiary/aromatic N) is 2. The summed E-state index contributed by atoms with van der Waals surface area (Å²) < 4.78 is 0. The fourth-order valence-corrected chi connectivity index (χ4v) is 2.82. The molecule has 4 rings (SSSR count). The van der Waals surface area contributed by atoms with Crippen LogP contribution < -0.4 is 11.5 Å². The van der Waals surface area contributed by atoms with Crippen molar-refractivity contribution in [2.75, 3.05) is 0 Å². The van der Waals surface area contributed by atoms with Gasteiger partial charge in [-0.05, 0) is 55.3 Å². The molecule has 168 valence electrons. The number of phenols is 2. The first-order valence-corrected chi connectivity index (χ1v) is 8.94. The molecule has 2 aromatic heterocycles. The minimum absolute atomic E-state index is 0. The van der Waals surface area contributed by atoms with Gasteiger partial charge in [-0.3, -0.25) is 19.6 Å². The smallest absolute Gasteiger partial charge is 0.250 e. The molecule has 8 heteroatoms. The number of aryl methyl sites for hydroxylation is 2. The molecular weight excluding hydrogens is 408 g/mol. The highest BCUT2D eigenvalue weighted by Crippen LogP contribution is 2.29. The molecule has 8 nitrogen and oxygen atoms in total. The van der Waals surface area contributed by atoms with Crippen LogP contribution in [-0.4, -0.2) is 32.0 Å². The molecule has 0 fully saturated rings. The average molecular weight is 437 g/mol. The highest BCUT2D eigenvalue weighted by atomic mass is 16.3. The summed E-state index contributed by atoms with van der Waals surface area (Å²) in [5, 5.41) is 20.0. The number of phenolic OH excluding ortho intramolecular Hbond substituents is 2. The lowest BCUT2D eigenvalue weighted by molar-refractivity contribution is 0.0991. The van der Waals surface area contributed by atoms with E-state index < -0.39 is 11.8 Å². The molecule has 0 spiro atoms. The van der Waals surface area contributed by atoms with Crippen LogP contribution in [-0.2, 0) is 0 Å². The maximum Gasteiger partial charge on any atom is 0.250 e. The Morgan fingerprint density at radius 1 is 0.688 bits per heavy atom. The number of carbonyl (C=O) groups is 2. The van der Waals surface area contributed by atoms with Crippen LogP contribution in [0.25, 0.3) is 21.8 Å². The summed E-state index contributed by atoms with van der Waals surface area (Å²) in [7, 11) is 0. The lowest BCUT2D eigenvalue weighted by Gasteiger charge is -2.04. The summed E-state index contributed by atoms with van der Waals surface area (Å²) in [6.07, 6.45) is 2.83. The zero-order chi connectivity index (χ0) is 22.0. The molecule has 2 heterocycles. The largest absolute Gasteiger partial charge is 0.504 e. The maximum absolute atomic E-state index is 11.0. The Labute approximate surface area is 186 Å². The number of aromatic nitrogens is 2. The van der Waals surface area contributed by atoms with E-state index in [1.165, 1.54) is 41.7 Å². The van der Waals surface area contributed by atoms with E-state index in [2.05, 4.69) is 9.97 Å². The van der Waals surface area contributed by atoms with Gasteiger partial charge in [-0.2, -0.15) is 0 Å². The van der Waals surface area contributed by atoms with Crippen molar-refractivity contribution in [3.63, 3.8) is 0 Å². The number of hydrogen-bond acceptors (Lipinski definition) is 6. The molecule has 0 radical (unpaired) electrons. The molecule has 2 aromatic carbocycles. The van der Waals surface area contributed by atoms with Crippen molar-refractivity contribution in [1.82, 2.24) is 9.97 Å². The van der Waals surface area contributed by atoms with Gasteiger partial charge in [-0.1, -0.05) is 14.9 Å². The van der Waals surface area contributed by atoms with Gasteiger partial charge < -0.3 is 21.7 Å². The van der Waals surface area contributed by atoms with Crippen molar-refractivity contribution in [2.45, 2.75) is 28.7 Å². The Morgan fingerprint density at radius 2 is 1.09 bits per heavy atom. The Hall–Kier alpha value is -4.20. The van der Waals surface area contributed by atoms with E-state index in [9.17, 15) is 19.8 Å². The average Bonchev–Trinajstić information content (AvgIpc) is 2.69. The number of carbonyl (C=O) groups excluding carboxylic acids is 2. The molecule has 32 heavy (non-hydrogen) atoms. The topological polar surface area (TPSA) is 152 Å². The number of hydrogen-bond donors (Lipinski definition) is 4. The highest BCUT2D eigenvalue weighted by Gasteiger charge is 2.07. The van der Waals surface area contributed by atoms with Crippen LogP contribution in [0.15, 0.2) is 48.8 Å². The second-order valence-electron chi connectivity index (χ2n) is 6.84. The van der Waals surface area contributed by atoms with Crippen LogP contribution in [0.4, 0.5) is 0 Å². The van der Waals surface area contributed by atoms with Crippen molar-refractivity contribution < 1.29 is 19.8 Å². The van der Waals surface area contributed by atoms with Crippen molar-refractivity contribution >= 4 is 33.6 Å². The standard InChI is InChI=1S/C12H12N2O.C10H8N2O3.2CH4/c1-7-3-9-5-10(12(13)15)6-14-11(9)4-8(7)2;11-10(15)6-1-5-2-8(13)9(14)3-7(5)12-4-6;;/h3-6H,1-2H3,(H2,13,15);1-4,13-14H,(H2,11,15);2*1H4. The van der Waals surface area contributed by atoms with Crippen molar-refractivity contribution in [3.05, 3.63) is 71.0 Å². The third kappa shape index (κ3) is 5.48. The van der Waals surface area contributed by atoms with Crippen molar-refractivity contribution in [3.8, 4) is 11.5 Å². The van der Waals surface area contributed by atoms with Gasteiger partial charge >= 0.3 is 0 Å². The van der Waals surface area contributed by atoms with Gasteiger partial charge in [0.2, 0.25) is 11.8 Å². The van der Waals surface area contributed by atoms with E-state index in [-0.39, 0.29) is 31.9 Å². The second-order valence-corrected chi connectivity index (χ2v) is 6.84. The number of aromatic hydroxyl groups is 2. The zero-order valence-corrected chi connectivity index (χ0v) is 16.4. The van der Waals surface area contributed by atoms with Gasteiger partial charge in [0, 0.05) is 29.2 Å². The number of benzene rings is 2. The Balaban J connectivity index is 0.000000301. The summed E-state index contributed by atoms with van der Waals surface area (Å²) >= 11 is 0. The number of primary amides is 2. The van der Waals surface area contributed by atoms with E-state index >= 15 is 0 Å². The predicted octanol–water partition coefficient (Wildman–Crippen LogP) is 3.97. The third-order valence-corrected chi connectivity index (χ3v) is 4.64. The first kappa shape index (κ1) is 25.8. The Kier molecular flexibility index (Phi) is 8.24.